The van der Waals surface area contributed by atoms with Gasteiger partial charge in [-0.05, 0) is 26.2 Å². The molecule has 20 heavy (non-hydrogen) atoms. The number of likely N-dealkylation sites (tertiary alicyclic amines) is 1. The number of nitrogens with zero attached hydrogens (tertiary/aromatic N) is 1. The lowest BCUT2D eigenvalue weighted by atomic mass is 10.00. The summed E-state index contributed by atoms with van der Waals surface area (Å²) in [5.74, 6) is -0.951. The normalized spacial score (nSPS) is 22.0. The van der Waals surface area contributed by atoms with E-state index in [9.17, 15) is 14.7 Å². The van der Waals surface area contributed by atoms with E-state index in [2.05, 4.69) is 5.32 Å². The highest BCUT2D eigenvalue weighted by molar-refractivity contribution is 5.86. The number of carbonyl (C=O) groups excluding carboxylic acids is 1. The highest BCUT2D eigenvalue weighted by Crippen LogP contribution is 2.29. The average Bonchev–Trinajstić information content (AvgIpc) is 2.81. The Hall–Kier alpha value is -1.34. The standard InChI is InChI=1S/C13H24N2O5/c1-13(11(16)17)5-3-7-15(13)12(18)14-6-4-8-20-10-9-19-2/h3-10H2,1-2H3,(H,14,18)(H,16,17). The minimum atomic E-state index is -1.08. The molecule has 0 aromatic carbocycles. The van der Waals surface area contributed by atoms with E-state index in [1.54, 1.807) is 14.0 Å². The van der Waals surface area contributed by atoms with Gasteiger partial charge in [0, 0.05) is 26.8 Å². The number of methoxy groups -OCH3 is 1. The van der Waals surface area contributed by atoms with Crippen LogP contribution in [0.2, 0.25) is 0 Å². The van der Waals surface area contributed by atoms with E-state index in [0.29, 0.717) is 45.8 Å². The first-order valence-corrected chi connectivity index (χ1v) is 6.88. The summed E-state index contributed by atoms with van der Waals surface area (Å²) in [6.07, 6.45) is 1.90. The zero-order valence-corrected chi connectivity index (χ0v) is 12.2. The van der Waals surface area contributed by atoms with Gasteiger partial charge in [0.15, 0.2) is 0 Å². The van der Waals surface area contributed by atoms with E-state index in [-0.39, 0.29) is 6.03 Å². The maximum absolute atomic E-state index is 12.0. The van der Waals surface area contributed by atoms with Crippen molar-refractivity contribution in [3.63, 3.8) is 0 Å². The summed E-state index contributed by atoms with van der Waals surface area (Å²) in [7, 11) is 1.61. The molecule has 1 heterocycles. The molecular weight excluding hydrogens is 264 g/mol. The summed E-state index contributed by atoms with van der Waals surface area (Å²) in [6, 6.07) is -0.315. The van der Waals surface area contributed by atoms with Crippen LogP contribution in [0.1, 0.15) is 26.2 Å². The summed E-state index contributed by atoms with van der Waals surface area (Å²) < 4.78 is 10.1. The fourth-order valence-corrected chi connectivity index (χ4v) is 2.22. The van der Waals surface area contributed by atoms with Gasteiger partial charge >= 0.3 is 12.0 Å². The van der Waals surface area contributed by atoms with Crippen LogP contribution in [0, 0.1) is 0 Å². The molecule has 1 rings (SSSR count). The van der Waals surface area contributed by atoms with Gasteiger partial charge in [-0.2, -0.15) is 0 Å². The van der Waals surface area contributed by atoms with Gasteiger partial charge in [-0.25, -0.2) is 9.59 Å². The highest BCUT2D eigenvalue weighted by atomic mass is 16.5. The zero-order valence-electron chi connectivity index (χ0n) is 12.2. The van der Waals surface area contributed by atoms with Gasteiger partial charge in [0.05, 0.1) is 13.2 Å². The van der Waals surface area contributed by atoms with Crippen LogP contribution in [0.15, 0.2) is 0 Å². The molecule has 0 aromatic rings. The van der Waals surface area contributed by atoms with Gasteiger partial charge in [0.1, 0.15) is 5.54 Å². The first-order chi connectivity index (χ1) is 9.52. The quantitative estimate of drug-likeness (QED) is 0.642. The number of carbonyl (C=O) groups is 2. The molecule has 1 aliphatic heterocycles. The first-order valence-electron chi connectivity index (χ1n) is 6.88. The molecule has 2 amide bonds. The van der Waals surface area contributed by atoms with Crippen LogP contribution in [-0.2, 0) is 14.3 Å². The third kappa shape index (κ3) is 4.35. The number of hydrogen-bond donors (Lipinski definition) is 2. The van der Waals surface area contributed by atoms with Crippen molar-refractivity contribution < 1.29 is 24.2 Å². The van der Waals surface area contributed by atoms with Gasteiger partial charge in [-0.15, -0.1) is 0 Å². The lowest BCUT2D eigenvalue weighted by Crippen LogP contribution is -2.54. The van der Waals surface area contributed by atoms with E-state index in [4.69, 9.17) is 9.47 Å². The molecule has 116 valence electrons. The molecule has 0 aliphatic carbocycles. The molecule has 0 aromatic heterocycles. The van der Waals surface area contributed by atoms with Crippen LogP contribution in [0.3, 0.4) is 0 Å². The number of aliphatic carboxylic acids is 1. The van der Waals surface area contributed by atoms with Gasteiger partial charge in [-0.3, -0.25) is 0 Å². The summed E-state index contributed by atoms with van der Waals surface area (Å²) in [6.45, 7) is 4.18. The maximum Gasteiger partial charge on any atom is 0.329 e. The Balaban J connectivity index is 2.24. The van der Waals surface area contributed by atoms with Crippen LogP contribution < -0.4 is 5.32 Å². The number of nitrogens with one attached hydrogen (secondary N) is 1. The number of urea groups is 1. The van der Waals surface area contributed by atoms with Gasteiger partial charge < -0.3 is 24.8 Å². The Morgan fingerprint density at radius 2 is 2.10 bits per heavy atom. The minimum absolute atomic E-state index is 0.315. The van der Waals surface area contributed by atoms with Crippen LogP contribution >= 0.6 is 0 Å². The van der Waals surface area contributed by atoms with E-state index >= 15 is 0 Å². The molecule has 1 unspecified atom stereocenters. The second kappa shape index (κ2) is 8.06. The van der Waals surface area contributed by atoms with E-state index in [0.717, 1.165) is 6.42 Å². The van der Waals surface area contributed by atoms with Gasteiger partial charge in [0.2, 0.25) is 0 Å². The minimum Gasteiger partial charge on any atom is -0.480 e. The second-order valence-electron chi connectivity index (χ2n) is 5.02. The van der Waals surface area contributed by atoms with Crippen molar-refractivity contribution in [2.75, 3.05) is 40.0 Å². The Morgan fingerprint density at radius 3 is 2.75 bits per heavy atom. The van der Waals surface area contributed by atoms with Crippen LogP contribution in [0.25, 0.3) is 0 Å². The molecular formula is C13H24N2O5. The number of ether oxygens (including phenoxy) is 2. The van der Waals surface area contributed by atoms with Crippen molar-refractivity contribution in [1.29, 1.82) is 0 Å². The molecule has 7 heteroatoms. The molecule has 2 N–H and O–H groups in total. The number of carboxylic acids is 1. The summed E-state index contributed by atoms with van der Waals surface area (Å²) in [5.41, 5.74) is -1.08. The van der Waals surface area contributed by atoms with Crippen molar-refractivity contribution >= 4 is 12.0 Å². The van der Waals surface area contributed by atoms with Gasteiger partial charge in [0.25, 0.3) is 0 Å². The Kier molecular flexibility index (Phi) is 6.74. The number of hydrogen-bond acceptors (Lipinski definition) is 4. The van der Waals surface area contributed by atoms with Crippen molar-refractivity contribution in [1.82, 2.24) is 10.2 Å². The monoisotopic (exact) mass is 288 g/mol. The lowest BCUT2D eigenvalue weighted by molar-refractivity contribution is -0.147. The number of carboxylic acid groups (broad SMARTS) is 1. The molecule has 1 fully saturated rings. The van der Waals surface area contributed by atoms with Crippen molar-refractivity contribution in [2.45, 2.75) is 31.7 Å². The van der Waals surface area contributed by atoms with Crippen LogP contribution in [-0.4, -0.2) is 67.6 Å². The molecule has 0 spiro atoms. The summed E-state index contributed by atoms with van der Waals surface area (Å²) in [5, 5.41) is 12.0. The fraction of sp³-hybridized carbons (Fsp3) is 0.846. The average molecular weight is 288 g/mol. The highest BCUT2D eigenvalue weighted by Gasteiger charge is 2.45. The molecule has 1 saturated heterocycles. The molecule has 1 aliphatic rings. The predicted molar refractivity (Wildman–Crippen MR) is 72.7 cm³/mol. The summed E-state index contributed by atoms with van der Waals surface area (Å²) >= 11 is 0. The maximum atomic E-state index is 12.0. The first kappa shape index (κ1) is 16.7. The van der Waals surface area contributed by atoms with Crippen LogP contribution in [0.5, 0.6) is 0 Å². The van der Waals surface area contributed by atoms with E-state index in [1.165, 1.54) is 4.90 Å². The molecule has 0 bridgehead atoms. The number of rotatable bonds is 8. The summed E-state index contributed by atoms with van der Waals surface area (Å²) in [4.78, 5) is 24.7. The van der Waals surface area contributed by atoms with E-state index in [1.807, 2.05) is 0 Å². The molecule has 1 atom stereocenters. The largest absolute Gasteiger partial charge is 0.480 e. The number of amides is 2. The van der Waals surface area contributed by atoms with E-state index < -0.39 is 11.5 Å². The Morgan fingerprint density at radius 1 is 1.35 bits per heavy atom. The van der Waals surface area contributed by atoms with Crippen molar-refractivity contribution in [2.24, 2.45) is 0 Å². The molecule has 0 radical (unpaired) electrons. The molecule has 0 saturated carbocycles. The zero-order chi connectivity index (χ0) is 15.0. The topological polar surface area (TPSA) is 88.1 Å². The van der Waals surface area contributed by atoms with Crippen molar-refractivity contribution in [3.05, 3.63) is 0 Å². The SMILES string of the molecule is COCCOCCCNC(=O)N1CCCC1(C)C(=O)O. The predicted octanol–water partition coefficient (Wildman–Crippen LogP) is 0.688. The van der Waals surface area contributed by atoms with Crippen molar-refractivity contribution in [3.8, 4) is 0 Å². The van der Waals surface area contributed by atoms with Gasteiger partial charge in [-0.1, -0.05) is 0 Å². The molecule has 7 nitrogen and oxygen atoms in total. The van der Waals surface area contributed by atoms with Crippen LogP contribution in [0.4, 0.5) is 4.79 Å². The third-order valence-corrected chi connectivity index (χ3v) is 3.52. The smallest absolute Gasteiger partial charge is 0.329 e. The Bertz CT molecular complexity index is 337. The third-order valence-electron chi connectivity index (χ3n) is 3.52. The fourth-order valence-electron chi connectivity index (χ4n) is 2.22. The second-order valence-corrected chi connectivity index (χ2v) is 5.02. The Labute approximate surface area is 119 Å². The lowest BCUT2D eigenvalue weighted by Gasteiger charge is -2.31.